The highest BCUT2D eigenvalue weighted by atomic mass is 79.9. The lowest BCUT2D eigenvalue weighted by Crippen LogP contribution is -2.11. The number of furan rings is 1. The fraction of sp³-hybridized carbons (Fsp3) is 0.190. The topological polar surface area (TPSA) is 76.4 Å². The van der Waals surface area contributed by atoms with E-state index in [0.717, 1.165) is 10.0 Å². The maximum atomic E-state index is 12.6. The highest BCUT2D eigenvalue weighted by Gasteiger charge is 2.23. The molecule has 0 atom stereocenters. The first kappa shape index (κ1) is 20.4. The van der Waals surface area contributed by atoms with Crippen molar-refractivity contribution in [2.45, 2.75) is 36.7 Å². The summed E-state index contributed by atoms with van der Waals surface area (Å²) < 4.78 is 31.4. The number of hydrogen-bond donors (Lipinski definition) is 1. The summed E-state index contributed by atoms with van der Waals surface area (Å²) in [6.07, 6.45) is 0. The number of nitrogens with one attached hydrogen (secondary N) is 1. The Balaban J connectivity index is 1.81. The van der Waals surface area contributed by atoms with Crippen molar-refractivity contribution in [3.05, 3.63) is 76.0 Å². The van der Waals surface area contributed by atoms with Crippen molar-refractivity contribution in [2.24, 2.45) is 0 Å². The molecular weight excluding hydrogens is 442 g/mol. The van der Waals surface area contributed by atoms with Gasteiger partial charge in [-0.15, -0.1) is 0 Å². The lowest BCUT2D eigenvalue weighted by atomic mass is 9.98. The Kier molecular flexibility index (Phi) is 5.76. The number of halogens is 1. The molecule has 0 aliphatic heterocycles. The molecule has 1 N–H and O–H groups in total. The van der Waals surface area contributed by atoms with Gasteiger partial charge in [-0.3, -0.25) is 4.79 Å². The van der Waals surface area contributed by atoms with Crippen LogP contribution in [0.15, 0.2) is 73.5 Å². The predicted molar refractivity (Wildman–Crippen MR) is 112 cm³/mol. The van der Waals surface area contributed by atoms with E-state index in [1.165, 1.54) is 29.8 Å². The molecule has 3 rings (SSSR count). The molecule has 146 valence electrons. The average Bonchev–Trinajstić information content (AvgIpc) is 3.13. The largest absolute Gasteiger partial charge is 0.439 e. The molecule has 0 bridgehead atoms. The molecule has 0 spiro atoms. The number of carbonyl (C=O) groups excluding carboxylic acids is 1. The molecule has 0 aliphatic carbocycles. The quantitative estimate of drug-likeness (QED) is 0.539. The van der Waals surface area contributed by atoms with E-state index < -0.39 is 15.7 Å². The van der Waals surface area contributed by atoms with E-state index in [-0.39, 0.29) is 15.7 Å². The van der Waals surface area contributed by atoms with Gasteiger partial charge in [0.2, 0.25) is 14.9 Å². The van der Waals surface area contributed by atoms with Gasteiger partial charge in [0.1, 0.15) is 0 Å². The summed E-state index contributed by atoms with van der Waals surface area (Å²) >= 11 is 3.27. The van der Waals surface area contributed by atoms with Gasteiger partial charge in [0, 0.05) is 10.2 Å². The second-order valence-corrected chi connectivity index (χ2v) is 9.55. The Hall–Kier alpha value is -2.38. The maximum absolute atomic E-state index is 12.6. The van der Waals surface area contributed by atoms with Crippen molar-refractivity contribution < 1.29 is 17.6 Å². The Morgan fingerprint density at radius 3 is 2.32 bits per heavy atom. The molecule has 0 aliphatic rings. The lowest BCUT2D eigenvalue weighted by molar-refractivity contribution is 0.0991. The summed E-state index contributed by atoms with van der Waals surface area (Å²) in [7, 11) is -3.83. The van der Waals surface area contributed by atoms with Gasteiger partial charge in [-0.2, -0.15) is 0 Å². The van der Waals surface area contributed by atoms with Crippen LogP contribution in [0.3, 0.4) is 0 Å². The number of carbonyl (C=O) groups is 1. The van der Waals surface area contributed by atoms with Crippen molar-refractivity contribution in [3.8, 4) is 0 Å². The van der Waals surface area contributed by atoms with Crippen LogP contribution >= 0.6 is 15.9 Å². The molecule has 0 fully saturated rings. The van der Waals surface area contributed by atoms with Crippen LogP contribution in [-0.4, -0.2) is 14.3 Å². The molecule has 28 heavy (non-hydrogen) atoms. The summed E-state index contributed by atoms with van der Waals surface area (Å²) in [5.74, 6) is -0.184. The molecule has 0 radical (unpaired) electrons. The van der Waals surface area contributed by atoms with Crippen LogP contribution in [0.1, 0.15) is 41.4 Å². The molecule has 0 saturated carbocycles. The number of aryl methyl sites for hydroxylation is 1. The molecule has 1 aromatic heterocycles. The minimum atomic E-state index is -3.83. The van der Waals surface area contributed by atoms with Gasteiger partial charge in [0.05, 0.1) is 4.90 Å². The van der Waals surface area contributed by atoms with E-state index in [1.54, 1.807) is 12.1 Å². The van der Waals surface area contributed by atoms with Crippen LogP contribution in [0.25, 0.3) is 0 Å². The first-order chi connectivity index (χ1) is 13.2. The van der Waals surface area contributed by atoms with Crippen LogP contribution in [0.2, 0.25) is 0 Å². The van der Waals surface area contributed by atoms with Crippen LogP contribution in [0.4, 0.5) is 5.69 Å². The normalized spacial score (nSPS) is 11.6. The molecule has 3 aromatic rings. The molecule has 1 amide bonds. The van der Waals surface area contributed by atoms with Gasteiger partial charge in [-0.25, -0.2) is 8.42 Å². The Labute approximate surface area is 172 Å². The van der Waals surface area contributed by atoms with Crippen LogP contribution in [0, 0.1) is 6.92 Å². The highest BCUT2D eigenvalue weighted by molar-refractivity contribution is 9.10. The molecule has 2 aromatic carbocycles. The number of benzene rings is 2. The summed E-state index contributed by atoms with van der Waals surface area (Å²) in [5.41, 5.74) is 2.91. The van der Waals surface area contributed by atoms with Crippen molar-refractivity contribution >= 4 is 37.4 Å². The summed E-state index contributed by atoms with van der Waals surface area (Å²) in [6, 6.07) is 14.5. The van der Waals surface area contributed by atoms with Crippen LogP contribution in [0.5, 0.6) is 0 Å². The number of amides is 1. The fourth-order valence-electron chi connectivity index (χ4n) is 2.91. The van der Waals surface area contributed by atoms with Gasteiger partial charge >= 0.3 is 0 Å². The molecule has 0 saturated heterocycles. The zero-order valence-corrected chi connectivity index (χ0v) is 18.1. The van der Waals surface area contributed by atoms with Gasteiger partial charge < -0.3 is 9.73 Å². The predicted octanol–water partition coefficient (Wildman–Crippen LogP) is 5.56. The number of anilines is 1. The summed E-state index contributed by atoms with van der Waals surface area (Å²) in [4.78, 5) is 12.6. The van der Waals surface area contributed by atoms with Gasteiger partial charge in [0.15, 0.2) is 5.76 Å². The van der Waals surface area contributed by atoms with E-state index in [1.807, 2.05) is 25.1 Å². The zero-order chi connectivity index (χ0) is 20.5. The maximum Gasteiger partial charge on any atom is 0.291 e. The third-order valence-electron chi connectivity index (χ3n) is 4.34. The van der Waals surface area contributed by atoms with Crippen molar-refractivity contribution in [1.82, 2.24) is 0 Å². The van der Waals surface area contributed by atoms with E-state index in [0.29, 0.717) is 11.6 Å². The minimum Gasteiger partial charge on any atom is -0.439 e. The van der Waals surface area contributed by atoms with Crippen molar-refractivity contribution in [2.75, 3.05) is 5.32 Å². The van der Waals surface area contributed by atoms with E-state index >= 15 is 0 Å². The smallest absolute Gasteiger partial charge is 0.291 e. The van der Waals surface area contributed by atoms with Crippen LogP contribution < -0.4 is 5.32 Å². The summed E-state index contributed by atoms with van der Waals surface area (Å²) in [6.45, 7) is 6.20. The second kappa shape index (κ2) is 7.93. The Morgan fingerprint density at radius 2 is 1.71 bits per heavy atom. The fourth-order valence-corrected chi connectivity index (χ4v) is 4.35. The summed E-state index contributed by atoms with van der Waals surface area (Å²) in [5, 5.41) is 2.47. The van der Waals surface area contributed by atoms with Gasteiger partial charge in [-0.1, -0.05) is 35.8 Å². The van der Waals surface area contributed by atoms with Crippen molar-refractivity contribution in [1.29, 1.82) is 0 Å². The standard InChI is InChI=1S/C21H20BrNO4S/c1-13(2)18-9-6-16(12-14(18)3)23-21(24)19-10-11-20(27-19)28(25,26)17-7-4-15(22)5-8-17/h4-13H,1-3H3,(H,23,24). The lowest BCUT2D eigenvalue weighted by Gasteiger charge is -2.11. The Bertz CT molecular complexity index is 1120. The molecular formula is C21H20BrNO4S. The van der Waals surface area contributed by atoms with Crippen molar-refractivity contribution in [3.63, 3.8) is 0 Å². The van der Waals surface area contributed by atoms with Gasteiger partial charge in [-0.05, 0) is 72.5 Å². The number of rotatable bonds is 5. The van der Waals surface area contributed by atoms with Gasteiger partial charge in [0.25, 0.3) is 5.91 Å². The zero-order valence-electron chi connectivity index (χ0n) is 15.7. The number of sulfone groups is 1. The number of hydrogen-bond acceptors (Lipinski definition) is 4. The van der Waals surface area contributed by atoms with E-state index in [2.05, 4.69) is 35.1 Å². The first-order valence-corrected chi connectivity index (χ1v) is 11.0. The molecule has 1 heterocycles. The minimum absolute atomic E-state index is 0.0683. The SMILES string of the molecule is Cc1cc(NC(=O)c2ccc(S(=O)(=O)c3ccc(Br)cc3)o2)ccc1C(C)C. The van der Waals surface area contributed by atoms with E-state index in [4.69, 9.17) is 4.42 Å². The molecule has 5 nitrogen and oxygen atoms in total. The average molecular weight is 462 g/mol. The Morgan fingerprint density at radius 1 is 1.04 bits per heavy atom. The molecule has 0 unspecified atom stereocenters. The third-order valence-corrected chi connectivity index (χ3v) is 6.51. The third kappa shape index (κ3) is 4.20. The second-order valence-electron chi connectivity index (χ2n) is 6.76. The monoisotopic (exact) mass is 461 g/mol. The van der Waals surface area contributed by atoms with E-state index in [9.17, 15) is 13.2 Å². The highest BCUT2D eigenvalue weighted by Crippen LogP contribution is 2.26. The first-order valence-electron chi connectivity index (χ1n) is 8.71. The van der Waals surface area contributed by atoms with Crippen LogP contribution in [-0.2, 0) is 9.84 Å². The molecule has 7 heteroatoms.